The van der Waals surface area contributed by atoms with Crippen molar-refractivity contribution in [1.82, 2.24) is 0 Å². The molecule has 0 bridgehead atoms. The Balaban J connectivity index is 1.94. The zero-order chi connectivity index (χ0) is 14.9. The van der Waals surface area contributed by atoms with Gasteiger partial charge in [0.2, 0.25) is 0 Å². The normalized spacial score (nSPS) is 21.4. The molecule has 0 fully saturated rings. The van der Waals surface area contributed by atoms with Crippen LogP contribution >= 0.6 is 11.6 Å². The number of rotatable bonds is 3. The van der Waals surface area contributed by atoms with Gasteiger partial charge in [-0.15, -0.1) is 0 Å². The number of hydrogen-bond acceptors (Lipinski definition) is 3. The predicted molar refractivity (Wildman–Crippen MR) is 89.0 cm³/mol. The van der Waals surface area contributed by atoms with Crippen molar-refractivity contribution in [3.8, 4) is 0 Å². The molecule has 0 saturated carbocycles. The van der Waals surface area contributed by atoms with E-state index in [-0.39, 0.29) is 5.54 Å². The fraction of sp³-hybridized carbons (Fsp3) is 0.235. The number of hydrogen-bond donors (Lipinski definition) is 1. The van der Waals surface area contributed by atoms with Gasteiger partial charge in [0, 0.05) is 10.7 Å². The summed E-state index contributed by atoms with van der Waals surface area (Å²) in [7, 11) is 0. The van der Waals surface area contributed by atoms with Crippen LogP contribution in [0.3, 0.4) is 0 Å². The topological polar surface area (TPSA) is 41.6 Å². The van der Waals surface area contributed by atoms with E-state index in [1.54, 1.807) is 0 Å². The fourth-order valence-corrected chi connectivity index (χ4v) is 3.08. The highest BCUT2D eigenvalue weighted by molar-refractivity contribution is 6.31. The van der Waals surface area contributed by atoms with Crippen LogP contribution in [0, 0.1) is 0 Å². The molecule has 2 aromatic carbocycles. The van der Waals surface area contributed by atoms with E-state index in [0.717, 1.165) is 12.1 Å². The van der Waals surface area contributed by atoms with Crippen LogP contribution in [0.15, 0.2) is 59.6 Å². The number of guanidine groups is 1. The minimum Gasteiger partial charge on any atom is -0.369 e. The highest BCUT2D eigenvalue weighted by Gasteiger charge is 2.39. The lowest BCUT2D eigenvalue weighted by molar-refractivity contribution is 0.500. The third kappa shape index (κ3) is 2.74. The van der Waals surface area contributed by atoms with Crippen LogP contribution in [0.1, 0.15) is 12.5 Å². The molecule has 3 nitrogen and oxygen atoms in total. The molecular weight excluding hydrogens is 282 g/mol. The summed E-state index contributed by atoms with van der Waals surface area (Å²) in [4.78, 5) is 6.54. The molecule has 1 aliphatic heterocycles. The van der Waals surface area contributed by atoms with Crippen LogP contribution in [0.25, 0.3) is 0 Å². The van der Waals surface area contributed by atoms with Gasteiger partial charge in [-0.05, 0) is 37.1 Å². The zero-order valence-corrected chi connectivity index (χ0v) is 12.7. The van der Waals surface area contributed by atoms with Gasteiger partial charge in [0.1, 0.15) is 0 Å². The monoisotopic (exact) mass is 299 g/mol. The van der Waals surface area contributed by atoms with Gasteiger partial charge in [-0.25, -0.2) is 0 Å². The lowest BCUT2D eigenvalue weighted by Crippen LogP contribution is -2.51. The van der Waals surface area contributed by atoms with E-state index >= 15 is 0 Å². The molecule has 1 heterocycles. The lowest BCUT2D eigenvalue weighted by atomic mass is 9.91. The van der Waals surface area contributed by atoms with E-state index in [4.69, 9.17) is 17.3 Å². The van der Waals surface area contributed by atoms with E-state index in [9.17, 15) is 0 Å². The average Bonchev–Trinajstić information content (AvgIpc) is 2.75. The van der Waals surface area contributed by atoms with Crippen molar-refractivity contribution in [1.29, 1.82) is 0 Å². The molecule has 2 N–H and O–H groups in total. The lowest BCUT2D eigenvalue weighted by Gasteiger charge is -2.36. The number of benzene rings is 2. The average molecular weight is 300 g/mol. The molecule has 0 spiro atoms. The summed E-state index contributed by atoms with van der Waals surface area (Å²) in [6.45, 7) is 2.87. The minimum absolute atomic E-state index is 0.171. The Kier molecular flexibility index (Phi) is 3.60. The summed E-state index contributed by atoms with van der Waals surface area (Å²) in [5, 5.41) is 0.703. The molecule has 0 aromatic heterocycles. The van der Waals surface area contributed by atoms with Crippen molar-refractivity contribution < 1.29 is 0 Å². The van der Waals surface area contributed by atoms with Gasteiger partial charge >= 0.3 is 0 Å². The van der Waals surface area contributed by atoms with Crippen LogP contribution in [-0.4, -0.2) is 18.0 Å². The molecule has 1 aliphatic rings. The Hall–Kier alpha value is -2.00. The number of anilines is 1. The first kappa shape index (κ1) is 14.0. The first-order valence-corrected chi connectivity index (χ1v) is 7.36. The molecule has 2 aromatic rings. The van der Waals surface area contributed by atoms with Crippen LogP contribution in [0.2, 0.25) is 5.02 Å². The van der Waals surface area contributed by atoms with Gasteiger partial charge in [0.05, 0.1) is 12.1 Å². The van der Waals surface area contributed by atoms with Crippen molar-refractivity contribution in [3.63, 3.8) is 0 Å². The van der Waals surface area contributed by atoms with Crippen LogP contribution in [0.5, 0.6) is 0 Å². The molecular formula is C17H18ClN3. The van der Waals surface area contributed by atoms with Gasteiger partial charge in [-0.1, -0.05) is 48.0 Å². The van der Waals surface area contributed by atoms with E-state index < -0.39 is 0 Å². The molecule has 4 heteroatoms. The SMILES string of the molecule is CC1(Cc2ccccc2)CN=C(N)N1c1cccc(Cl)c1. The number of nitrogens with zero attached hydrogens (tertiary/aromatic N) is 2. The van der Waals surface area contributed by atoms with Crippen molar-refractivity contribution in [2.75, 3.05) is 11.4 Å². The minimum atomic E-state index is -0.171. The molecule has 1 atom stereocenters. The van der Waals surface area contributed by atoms with Gasteiger partial charge < -0.3 is 10.6 Å². The maximum Gasteiger partial charge on any atom is 0.196 e. The highest BCUT2D eigenvalue weighted by atomic mass is 35.5. The third-order valence-electron chi connectivity index (χ3n) is 3.84. The standard InChI is InChI=1S/C17H18ClN3/c1-17(11-13-6-3-2-4-7-13)12-20-16(19)21(17)15-9-5-8-14(18)10-15/h2-10H,11-12H2,1H3,(H2,19,20). The third-order valence-corrected chi connectivity index (χ3v) is 4.08. The predicted octanol–water partition coefficient (Wildman–Crippen LogP) is 3.48. The van der Waals surface area contributed by atoms with E-state index in [1.165, 1.54) is 5.56 Å². The second kappa shape index (κ2) is 5.41. The highest BCUT2D eigenvalue weighted by Crippen LogP contribution is 2.32. The Morgan fingerprint density at radius 2 is 1.95 bits per heavy atom. The Morgan fingerprint density at radius 3 is 2.67 bits per heavy atom. The molecule has 0 aliphatic carbocycles. The van der Waals surface area contributed by atoms with E-state index in [1.807, 2.05) is 30.3 Å². The van der Waals surface area contributed by atoms with Crippen LogP contribution < -0.4 is 10.6 Å². The summed E-state index contributed by atoms with van der Waals surface area (Å²) in [6, 6.07) is 18.2. The summed E-state index contributed by atoms with van der Waals surface area (Å²) in [5.41, 5.74) is 8.21. The second-order valence-corrected chi connectivity index (χ2v) is 6.09. The molecule has 3 rings (SSSR count). The van der Waals surface area contributed by atoms with Crippen molar-refractivity contribution >= 4 is 23.2 Å². The van der Waals surface area contributed by atoms with Crippen molar-refractivity contribution in [2.45, 2.75) is 18.9 Å². The van der Waals surface area contributed by atoms with E-state index in [2.05, 4.69) is 41.1 Å². The maximum absolute atomic E-state index is 6.12. The molecule has 0 saturated heterocycles. The first-order valence-electron chi connectivity index (χ1n) is 6.98. The Morgan fingerprint density at radius 1 is 1.19 bits per heavy atom. The van der Waals surface area contributed by atoms with Gasteiger partial charge in [0.25, 0.3) is 0 Å². The van der Waals surface area contributed by atoms with Gasteiger partial charge in [0.15, 0.2) is 5.96 Å². The number of aliphatic imine (C=N–C) groups is 1. The first-order chi connectivity index (χ1) is 10.1. The van der Waals surface area contributed by atoms with Crippen LogP contribution in [0.4, 0.5) is 5.69 Å². The smallest absolute Gasteiger partial charge is 0.196 e. The van der Waals surface area contributed by atoms with Crippen molar-refractivity contribution in [2.24, 2.45) is 10.7 Å². The Bertz CT molecular complexity index is 669. The number of nitrogens with two attached hydrogens (primary N) is 1. The molecule has 0 amide bonds. The quantitative estimate of drug-likeness (QED) is 0.943. The molecule has 0 radical (unpaired) electrons. The van der Waals surface area contributed by atoms with Crippen LogP contribution in [-0.2, 0) is 6.42 Å². The summed E-state index contributed by atoms with van der Waals surface area (Å²) in [6.07, 6.45) is 0.880. The summed E-state index contributed by atoms with van der Waals surface area (Å²) < 4.78 is 0. The zero-order valence-electron chi connectivity index (χ0n) is 12.0. The second-order valence-electron chi connectivity index (χ2n) is 5.65. The summed E-state index contributed by atoms with van der Waals surface area (Å²) in [5.74, 6) is 0.552. The van der Waals surface area contributed by atoms with E-state index in [0.29, 0.717) is 17.5 Å². The summed E-state index contributed by atoms with van der Waals surface area (Å²) >= 11 is 6.12. The van der Waals surface area contributed by atoms with Gasteiger partial charge in [-0.2, -0.15) is 0 Å². The Labute approximate surface area is 130 Å². The van der Waals surface area contributed by atoms with Gasteiger partial charge in [-0.3, -0.25) is 4.99 Å². The fourth-order valence-electron chi connectivity index (χ4n) is 2.90. The number of halogens is 1. The molecule has 108 valence electrons. The maximum atomic E-state index is 6.12. The molecule has 21 heavy (non-hydrogen) atoms. The van der Waals surface area contributed by atoms with Crippen molar-refractivity contribution in [3.05, 3.63) is 65.2 Å². The molecule has 1 unspecified atom stereocenters. The largest absolute Gasteiger partial charge is 0.369 e.